The van der Waals surface area contributed by atoms with Gasteiger partial charge in [0.05, 0.1) is 12.0 Å². The molecule has 0 aromatic carbocycles. The van der Waals surface area contributed by atoms with Crippen molar-refractivity contribution in [2.45, 2.75) is 33.2 Å². The van der Waals surface area contributed by atoms with Crippen LogP contribution < -0.4 is 4.72 Å². The zero-order valence-corrected chi connectivity index (χ0v) is 12.4. The number of nitrogens with one attached hydrogen (secondary N) is 1. The molecular weight excluding hydrogens is 264 g/mol. The molecule has 0 aliphatic rings. The van der Waals surface area contributed by atoms with Crippen molar-refractivity contribution in [3.8, 4) is 0 Å². The van der Waals surface area contributed by atoms with E-state index in [0.29, 0.717) is 13.0 Å². The maximum absolute atomic E-state index is 11.4. The molecule has 0 spiro atoms. The van der Waals surface area contributed by atoms with E-state index < -0.39 is 20.0 Å². The maximum Gasteiger partial charge on any atom is 0.211 e. The summed E-state index contributed by atoms with van der Waals surface area (Å²) in [6, 6.07) is -0.118. The molecule has 17 heavy (non-hydrogen) atoms. The number of nitrogens with zero attached hydrogens (tertiary/aromatic N) is 1. The fourth-order valence-electron chi connectivity index (χ4n) is 1.37. The average molecular weight is 286 g/mol. The van der Waals surface area contributed by atoms with Gasteiger partial charge in [-0.2, -0.15) is 4.31 Å². The lowest BCUT2D eigenvalue weighted by Gasteiger charge is -2.23. The summed E-state index contributed by atoms with van der Waals surface area (Å²) in [7, 11) is -6.42. The standard InChI is InChI=1S/C9H22N2O4S2/c1-5-17(14,15)10-7-6-8-11(9(2)3)16(4,12)13/h9-10H,5-8H2,1-4H3. The fraction of sp³-hybridized carbons (Fsp3) is 1.00. The molecule has 0 saturated heterocycles. The highest BCUT2D eigenvalue weighted by Crippen LogP contribution is 2.05. The van der Waals surface area contributed by atoms with Crippen LogP contribution in [-0.4, -0.2) is 52.3 Å². The van der Waals surface area contributed by atoms with Crippen LogP contribution in [0.25, 0.3) is 0 Å². The molecule has 0 atom stereocenters. The van der Waals surface area contributed by atoms with E-state index in [-0.39, 0.29) is 18.3 Å². The van der Waals surface area contributed by atoms with Crippen molar-refractivity contribution in [1.82, 2.24) is 9.03 Å². The Hall–Kier alpha value is -0.180. The second kappa shape index (κ2) is 6.67. The zero-order chi connectivity index (χ0) is 13.7. The van der Waals surface area contributed by atoms with Crippen LogP contribution in [0.1, 0.15) is 27.2 Å². The first-order chi connectivity index (χ1) is 7.60. The number of hydrogen-bond acceptors (Lipinski definition) is 4. The lowest BCUT2D eigenvalue weighted by molar-refractivity contribution is 0.352. The van der Waals surface area contributed by atoms with Gasteiger partial charge in [-0.15, -0.1) is 0 Å². The minimum atomic E-state index is -3.23. The SMILES string of the molecule is CCS(=O)(=O)NCCCN(C(C)C)S(C)(=O)=O. The third-order valence-corrected chi connectivity index (χ3v) is 5.12. The Kier molecular flexibility index (Phi) is 6.60. The monoisotopic (exact) mass is 286 g/mol. The highest BCUT2D eigenvalue weighted by molar-refractivity contribution is 7.89. The molecule has 0 bridgehead atoms. The first-order valence-corrected chi connectivity index (χ1v) is 9.04. The summed E-state index contributed by atoms with van der Waals surface area (Å²) in [5, 5.41) is 0. The molecule has 104 valence electrons. The molecule has 8 heteroatoms. The molecule has 0 aliphatic heterocycles. The third kappa shape index (κ3) is 6.97. The van der Waals surface area contributed by atoms with E-state index in [1.807, 2.05) is 0 Å². The molecule has 1 N–H and O–H groups in total. The Morgan fingerprint density at radius 1 is 1.18 bits per heavy atom. The minimum absolute atomic E-state index is 0.0347. The van der Waals surface area contributed by atoms with Gasteiger partial charge in [0.1, 0.15) is 0 Å². The van der Waals surface area contributed by atoms with Gasteiger partial charge in [0.15, 0.2) is 0 Å². The van der Waals surface area contributed by atoms with Gasteiger partial charge >= 0.3 is 0 Å². The van der Waals surface area contributed by atoms with Gasteiger partial charge in [-0.25, -0.2) is 21.6 Å². The number of sulfonamides is 2. The van der Waals surface area contributed by atoms with Crippen molar-refractivity contribution in [2.24, 2.45) is 0 Å². The van der Waals surface area contributed by atoms with Crippen LogP contribution in [0.5, 0.6) is 0 Å². The summed E-state index contributed by atoms with van der Waals surface area (Å²) in [5.41, 5.74) is 0. The molecule has 6 nitrogen and oxygen atoms in total. The van der Waals surface area contributed by atoms with Crippen LogP contribution in [0, 0.1) is 0 Å². The highest BCUT2D eigenvalue weighted by Gasteiger charge is 2.19. The van der Waals surface area contributed by atoms with Crippen LogP contribution in [0.3, 0.4) is 0 Å². The average Bonchev–Trinajstić information content (AvgIpc) is 2.14. The lowest BCUT2D eigenvalue weighted by Crippen LogP contribution is -2.38. The van der Waals surface area contributed by atoms with Gasteiger partial charge in [-0.3, -0.25) is 0 Å². The van der Waals surface area contributed by atoms with Gasteiger partial charge in [0.2, 0.25) is 20.0 Å². The van der Waals surface area contributed by atoms with Gasteiger partial charge < -0.3 is 0 Å². The van der Waals surface area contributed by atoms with Crippen LogP contribution in [0.15, 0.2) is 0 Å². The lowest BCUT2D eigenvalue weighted by atomic mass is 10.3. The minimum Gasteiger partial charge on any atom is -0.215 e. The molecule has 0 aromatic rings. The van der Waals surface area contributed by atoms with Crippen molar-refractivity contribution >= 4 is 20.0 Å². The summed E-state index contributed by atoms with van der Waals surface area (Å²) in [6.45, 7) is 5.71. The summed E-state index contributed by atoms with van der Waals surface area (Å²) in [5.74, 6) is 0.0347. The highest BCUT2D eigenvalue weighted by atomic mass is 32.2. The largest absolute Gasteiger partial charge is 0.215 e. The van der Waals surface area contributed by atoms with E-state index >= 15 is 0 Å². The van der Waals surface area contributed by atoms with Crippen molar-refractivity contribution < 1.29 is 16.8 Å². The molecule has 0 aliphatic carbocycles. The summed E-state index contributed by atoms with van der Waals surface area (Å²) in [6.07, 6.45) is 1.62. The van der Waals surface area contributed by atoms with Crippen LogP contribution >= 0.6 is 0 Å². The second-order valence-corrected chi connectivity index (χ2v) is 8.15. The van der Waals surface area contributed by atoms with Crippen LogP contribution in [-0.2, 0) is 20.0 Å². The molecule has 0 heterocycles. The molecule has 0 radical (unpaired) electrons. The number of hydrogen-bond donors (Lipinski definition) is 1. The Balaban J connectivity index is 4.19. The first kappa shape index (κ1) is 16.8. The molecule has 0 amide bonds. The maximum atomic E-state index is 11.4. The number of rotatable bonds is 8. The van der Waals surface area contributed by atoms with Crippen molar-refractivity contribution in [1.29, 1.82) is 0 Å². The molecule has 0 rings (SSSR count). The summed E-state index contributed by atoms with van der Waals surface area (Å²) >= 11 is 0. The molecule has 0 unspecified atom stereocenters. The van der Waals surface area contributed by atoms with E-state index in [2.05, 4.69) is 4.72 Å². The van der Waals surface area contributed by atoms with Gasteiger partial charge in [0, 0.05) is 19.1 Å². The molecule has 0 aromatic heterocycles. The molecule has 0 saturated carbocycles. The fourth-order valence-corrected chi connectivity index (χ4v) is 3.26. The summed E-state index contributed by atoms with van der Waals surface area (Å²) in [4.78, 5) is 0. The Morgan fingerprint density at radius 2 is 1.71 bits per heavy atom. The van der Waals surface area contributed by atoms with Gasteiger partial charge in [0.25, 0.3) is 0 Å². The van der Waals surface area contributed by atoms with E-state index in [1.165, 1.54) is 4.31 Å². The second-order valence-electron chi connectivity index (χ2n) is 4.12. The van der Waals surface area contributed by atoms with Crippen LogP contribution in [0.2, 0.25) is 0 Å². The van der Waals surface area contributed by atoms with Crippen molar-refractivity contribution in [2.75, 3.05) is 25.1 Å². The molecular formula is C9H22N2O4S2. The van der Waals surface area contributed by atoms with Gasteiger partial charge in [-0.1, -0.05) is 0 Å². The normalized spacial score (nSPS) is 13.5. The van der Waals surface area contributed by atoms with Crippen molar-refractivity contribution in [3.63, 3.8) is 0 Å². The first-order valence-electron chi connectivity index (χ1n) is 5.54. The van der Waals surface area contributed by atoms with E-state index in [4.69, 9.17) is 0 Å². The van der Waals surface area contributed by atoms with E-state index in [9.17, 15) is 16.8 Å². The van der Waals surface area contributed by atoms with E-state index in [0.717, 1.165) is 6.26 Å². The quantitative estimate of drug-likeness (QED) is 0.636. The smallest absolute Gasteiger partial charge is 0.211 e. The summed E-state index contributed by atoms with van der Waals surface area (Å²) < 4.78 is 48.8. The predicted molar refractivity (Wildman–Crippen MR) is 68.8 cm³/mol. The third-order valence-electron chi connectivity index (χ3n) is 2.26. The zero-order valence-electron chi connectivity index (χ0n) is 10.8. The van der Waals surface area contributed by atoms with Crippen LogP contribution in [0.4, 0.5) is 0 Å². The van der Waals surface area contributed by atoms with Crippen molar-refractivity contribution in [3.05, 3.63) is 0 Å². The molecule has 0 fully saturated rings. The van der Waals surface area contributed by atoms with Gasteiger partial charge in [-0.05, 0) is 27.2 Å². The Bertz CT molecular complexity index is 414. The predicted octanol–water partition coefficient (Wildman–Crippen LogP) is -0.0142. The van der Waals surface area contributed by atoms with E-state index in [1.54, 1.807) is 20.8 Å². The topological polar surface area (TPSA) is 83.6 Å². The Morgan fingerprint density at radius 3 is 2.06 bits per heavy atom. The Labute approximate surface area is 104 Å².